The first-order valence-corrected chi connectivity index (χ1v) is 6.98. The lowest BCUT2D eigenvalue weighted by Gasteiger charge is -2.43. The molecule has 1 aliphatic heterocycles. The first-order valence-electron chi connectivity index (χ1n) is 6.98. The summed E-state index contributed by atoms with van der Waals surface area (Å²) in [6.45, 7) is 14.4. The molecule has 0 aromatic carbocycles. The molecule has 0 radical (unpaired) electrons. The van der Waals surface area contributed by atoms with E-state index in [0.717, 1.165) is 17.8 Å². The van der Waals surface area contributed by atoms with E-state index in [9.17, 15) is 0 Å². The Morgan fingerprint density at radius 3 is 2.56 bits per heavy atom. The van der Waals surface area contributed by atoms with E-state index >= 15 is 0 Å². The van der Waals surface area contributed by atoms with Gasteiger partial charge in [-0.3, -0.25) is 4.90 Å². The maximum Gasteiger partial charge on any atom is 0.0309 e. The van der Waals surface area contributed by atoms with Crippen molar-refractivity contribution in [1.29, 1.82) is 0 Å². The predicted octanol–water partition coefficient (Wildman–Crippen LogP) is 2.35. The van der Waals surface area contributed by atoms with E-state index in [1.807, 2.05) is 0 Å². The molecule has 0 spiro atoms. The van der Waals surface area contributed by atoms with Crippen molar-refractivity contribution in [2.45, 2.75) is 46.1 Å². The number of rotatable bonds is 4. The van der Waals surface area contributed by atoms with E-state index in [1.54, 1.807) is 0 Å². The third kappa shape index (κ3) is 2.78. The average Bonchev–Trinajstić information content (AvgIpc) is 3.00. The molecule has 1 saturated heterocycles. The zero-order chi connectivity index (χ0) is 11.8. The van der Waals surface area contributed by atoms with Crippen molar-refractivity contribution in [3.8, 4) is 0 Å². The van der Waals surface area contributed by atoms with Crippen molar-refractivity contribution in [3.05, 3.63) is 0 Å². The van der Waals surface area contributed by atoms with Gasteiger partial charge in [-0.15, -0.1) is 0 Å². The molecule has 94 valence electrons. The Morgan fingerprint density at radius 1 is 1.31 bits per heavy atom. The molecule has 16 heavy (non-hydrogen) atoms. The SMILES string of the molecule is CC(C)C(C)CN1CCNC(C)(C2CC2)C1. The molecule has 0 aromatic heterocycles. The number of hydrogen-bond acceptors (Lipinski definition) is 2. The molecule has 2 fully saturated rings. The monoisotopic (exact) mass is 224 g/mol. The Morgan fingerprint density at radius 2 is 2.00 bits per heavy atom. The van der Waals surface area contributed by atoms with E-state index in [2.05, 4.69) is 37.9 Å². The lowest BCUT2D eigenvalue weighted by Crippen LogP contribution is -2.60. The van der Waals surface area contributed by atoms with Gasteiger partial charge >= 0.3 is 0 Å². The zero-order valence-corrected chi connectivity index (χ0v) is 11.4. The van der Waals surface area contributed by atoms with Crippen LogP contribution in [0, 0.1) is 17.8 Å². The van der Waals surface area contributed by atoms with Gasteiger partial charge in [0.25, 0.3) is 0 Å². The van der Waals surface area contributed by atoms with Gasteiger partial charge in [0.1, 0.15) is 0 Å². The normalized spacial score (nSPS) is 34.3. The molecule has 1 aliphatic carbocycles. The third-order valence-electron chi connectivity index (χ3n) is 4.67. The fraction of sp³-hybridized carbons (Fsp3) is 1.00. The molecule has 2 aliphatic rings. The highest BCUT2D eigenvalue weighted by atomic mass is 15.2. The second-order valence-electron chi connectivity index (χ2n) is 6.57. The highest BCUT2D eigenvalue weighted by molar-refractivity contribution is 5.02. The van der Waals surface area contributed by atoms with Gasteiger partial charge in [0, 0.05) is 31.7 Å². The molecule has 2 unspecified atom stereocenters. The standard InChI is InChI=1S/C14H28N2/c1-11(2)12(3)9-16-8-7-15-14(4,10-16)13-5-6-13/h11-13,15H,5-10H2,1-4H3. The van der Waals surface area contributed by atoms with Crippen LogP contribution in [0.3, 0.4) is 0 Å². The van der Waals surface area contributed by atoms with Crippen molar-refractivity contribution in [1.82, 2.24) is 10.2 Å². The second kappa shape index (κ2) is 4.66. The largest absolute Gasteiger partial charge is 0.309 e. The molecule has 0 aromatic rings. The van der Waals surface area contributed by atoms with E-state index in [-0.39, 0.29) is 0 Å². The van der Waals surface area contributed by atoms with Crippen LogP contribution in [-0.4, -0.2) is 36.6 Å². The van der Waals surface area contributed by atoms with Gasteiger partial charge in [0.05, 0.1) is 0 Å². The minimum absolute atomic E-state index is 0.412. The number of nitrogens with zero attached hydrogens (tertiary/aromatic N) is 1. The maximum atomic E-state index is 3.75. The number of nitrogens with one attached hydrogen (secondary N) is 1. The minimum Gasteiger partial charge on any atom is -0.309 e. The summed E-state index contributed by atoms with van der Waals surface area (Å²) in [7, 11) is 0. The molecule has 2 heteroatoms. The van der Waals surface area contributed by atoms with Crippen LogP contribution >= 0.6 is 0 Å². The number of hydrogen-bond donors (Lipinski definition) is 1. The summed E-state index contributed by atoms with van der Waals surface area (Å²) in [5, 5.41) is 3.75. The van der Waals surface area contributed by atoms with Crippen LogP contribution in [0.4, 0.5) is 0 Å². The van der Waals surface area contributed by atoms with Crippen LogP contribution in [0.5, 0.6) is 0 Å². The molecule has 2 rings (SSSR count). The lowest BCUT2D eigenvalue weighted by molar-refractivity contribution is 0.106. The van der Waals surface area contributed by atoms with E-state index in [4.69, 9.17) is 0 Å². The molecular weight excluding hydrogens is 196 g/mol. The van der Waals surface area contributed by atoms with Crippen LogP contribution in [0.15, 0.2) is 0 Å². The van der Waals surface area contributed by atoms with Crippen LogP contribution in [-0.2, 0) is 0 Å². The van der Waals surface area contributed by atoms with Gasteiger partial charge in [-0.2, -0.15) is 0 Å². The fourth-order valence-corrected chi connectivity index (χ4v) is 2.87. The zero-order valence-electron chi connectivity index (χ0n) is 11.4. The molecular formula is C14H28N2. The second-order valence-corrected chi connectivity index (χ2v) is 6.57. The van der Waals surface area contributed by atoms with Crippen LogP contribution < -0.4 is 5.32 Å². The van der Waals surface area contributed by atoms with Crippen molar-refractivity contribution in [2.75, 3.05) is 26.2 Å². The summed E-state index contributed by atoms with van der Waals surface area (Å²) in [5.41, 5.74) is 0.412. The Kier molecular flexibility index (Phi) is 3.60. The van der Waals surface area contributed by atoms with Gasteiger partial charge in [-0.25, -0.2) is 0 Å². The molecule has 0 amide bonds. The quantitative estimate of drug-likeness (QED) is 0.788. The maximum absolute atomic E-state index is 3.75. The van der Waals surface area contributed by atoms with Crippen molar-refractivity contribution < 1.29 is 0 Å². The smallest absolute Gasteiger partial charge is 0.0309 e. The Labute approximate surface area is 101 Å². The summed E-state index contributed by atoms with van der Waals surface area (Å²) in [6, 6.07) is 0. The highest BCUT2D eigenvalue weighted by Crippen LogP contribution is 2.40. The summed E-state index contributed by atoms with van der Waals surface area (Å²) in [4.78, 5) is 2.68. The highest BCUT2D eigenvalue weighted by Gasteiger charge is 2.43. The lowest BCUT2D eigenvalue weighted by atomic mass is 9.91. The first-order chi connectivity index (χ1) is 7.51. The summed E-state index contributed by atoms with van der Waals surface area (Å²) in [5.74, 6) is 2.58. The topological polar surface area (TPSA) is 15.3 Å². The van der Waals surface area contributed by atoms with Gasteiger partial charge in [0.2, 0.25) is 0 Å². The van der Waals surface area contributed by atoms with Gasteiger partial charge in [-0.05, 0) is 37.5 Å². The van der Waals surface area contributed by atoms with Crippen molar-refractivity contribution >= 4 is 0 Å². The summed E-state index contributed by atoms with van der Waals surface area (Å²) >= 11 is 0. The average molecular weight is 224 g/mol. The Balaban J connectivity index is 1.86. The van der Waals surface area contributed by atoms with Crippen LogP contribution in [0.1, 0.15) is 40.5 Å². The number of piperazine rings is 1. The summed E-state index contributed by atoms with van der Waals surface area (Å²) in [6.07, 6.45) is 2.88. The van der Waals surface area contributed by atoms with Gasteiger partial charge in [0.15, 0.2) is 0 Å². The van der Waals surface area contributed by atoms with Crippen molar-refractivity contribution in [3.63, 3.8) is 0 Å². The van der Waals surface area contributed by atoms with Gasteiger partial charge < -0.3 is 5.32 Å². The molecule has 0 bridgehead atoms. The molecule has 1 saturated carbocycles. The Hall–Kier alpha value is -0.0800. The summed E-state index contributed by atoms with van der Waals surface area (Å²) < 4.78 is 0. The van der Waals surface area contributed by atoms with E-state index < -0.39 is 0 Å². The predicted molar refractivity (Wildman–Crippen MR) is 69.6 cm³/mol. The molecule has 2 atom stereocenters. The Bertz CT molecular complexity index is 235. The van der Waals surface area contributed by atoms with Crippen LogP contribution in [0.25, 0.3) is 0 Å². The van der Waals surface area contributed by atoms with E-state index in [0.29, 0.717) is 5.54 Å². The molecule has 1 heterocycles. The fourth-order valence-electron chi connectivity index (χ4n) is 2.87. The van der Waals surface area contributed by atoms with Crippen molar-refractivity contribution in [2.24, 2.45) is 17.8 Å². The molecule has 1 N–H and O–H groups in total. The first kappa shape index (κ1) is 12.4. The van der Waals surface area contributed by atoms with Crippen LogP contribution in [0.2, 0.25) is 0 Å². The third-order valence-corrected chi connectivity index (χ3v) is 4.67. The van der Waals surface area contributed by atoms with Gasteiger partial charge in [-0.1, -0.05) is 20.8 Å². The minimum atomic E-state index is 0.412. The molecule has 2 nitrogen and oxygen atoms in total. The van der Waals surface area contributed by atoms with E-state index in [1.165, 1.54) is 39.0 Å².